The topological polar surface area (TPSA) is 30.5 Å². The van der Waals surface area contributed by atoms with Crippen molar-refractivity contribution < 1.29 is 9.47 Å². The van der Waals surface area contributed by atoms with Crippen molar-refractivity contribution in [2.75, 3.05) is 26.4 Å². The second-order valence-corrected chi connectivity index (χ2v) is 5.86. The van der Waals surface area contributed by atoms with E-state index >= 15 is 0 Å². The molecule has 0 aliphatic heterocycles. The van der Waals surface area contributed by atoms with Crippen LogP contribution in [0.2, 0.25) is 0 Å². The maximum atomic E-state index is 5.58. The molecule has 0 heterocycles. The van der Waals surface area contributed by atoms with E-state index in [9.17, 15) is 0 Å². The summed E-state index contributed by atoms with van der Waals surface area (Å²) in [7, 11) is 0. The Labute approximate surface area is 106 Å². The van der Waals surface area contributed by atoms with Crippen LogP contribution in [-0.4, -0.2) is 38.0 Å². The van der Waals surface area contributed by atoms with Crippen LogP contribution < -0.4 is 5.32 Å². The van der Waals surface area contributed by atoms with Crippen molar-refractivity contribution in [2.45, 2.75) is 64.5 Å². The zero-order chi connectivity index (χ0) is 12.6. The van der Waals surface area contributed by atoms with Crippen LogP contribution in [0.1, 0.15) is 52.9 Å². The minimum atomic E-state index is -0.0482. The Morgan fingerprint density at radius 3 is 2.41 bits per heavy atom. The van der Waals surface area contributed by atoms with E-state index in [4.69, 9.17) is 9.47 Å². The van der Waals surface area contributed by atoms with Gasteiger partial charge in [-0.3, -0.25) is 0 Å². The van der Waals surface area contributed by atoms with Crippen LogP contribution in [0.5, 0.6) is 0 Å². The van der Waals surface area contributed by atoms with Crippen molar-refractivity contribution >= 4 is 0 Å². The van der Waals surface area contributed by atoms with E-state index in [-0.39, 0.29) is 5.60 Å². The monoisotopic (exact) mass is 243 g/mol. The molecule has 0 saturated heterocycles. The maximum absolute atomic E-state index is 5.58. The molecule has 1 aliphatic rings. The molecule has 0 unspecified atom stereocenters. The summed E-state index contributed by atoms with van der Waals surface area (Å²) in [5, 5.41) is 3.59. The molecule has 1 fully saturated rings. The summed E-state index contributed by atoms with van der Waals surface area (Å²) in [6.45, 7) is 9.54. The number of nitrogens with one attached hydrogen (secondary N) is 1. The van der Waals surface area contributed by atoms with E-state index in [0.717, 1.165) is 25.6 Å². The van der Waals surface area contributed by atoms with Crippen molar-refractivity contribution in [1.29, 1.82) is 0 Å². The second-order valence-electron chi connectivity index (χ2n) is 5.86. The molecule has 17 heavy (non-hydrogen) atoms. The molecule has 0 atom stereocenters. The van der Waals surface area contributed by atoms with Crippen LogP contribution in [-0.2, 0) is 9.47 Å². The molecule has 0 aromatic heterocycles. The molecular weight excluding hydrogens is 214 g/mol. The van der Waals surface area contributed by atoms with Gasteiger partial charge in [-0.25, -0.2) is 0 Å². The summed E-state index contributed by atoms with van der Waals surface area (Å²) in [4.78, 5) is 0. The molecule has 0 amide bonds. The summed E-state index contributed by atoms with van der Waals surface area (Å²) in [5.74, 6) is 0. The SMILES string of the molecule is CC(C)(C)OCCOCCCNC1CCCC1. The van der Waals surface area contributed by atoms with E-state index < -0.39 is 0 Å². The Balaban J connectivity index is 1.78. The van der Waals surface area contributed by atoms with Crippen molar-refractivity contribution in [3.05, 3.63) is 0 Å². The van der Waals surface area contributed by atoms with E-state index in [2.05, 4.69) is 26.1 Å². The maximum Gasteiger partial charge on any atom is 0.0707 e. The molecule has 102 valence electrons. The lowest BCUT2D eigenvalue weighted by atomic mass is 10.2. The highest BCUT2D eigenvalue weighted by atomic mass is 16.5. The Hall–Kier alpha value is -0.120. The van der Waals surface area contributed by atoms with Crippen LogP contribution in [0.15, 0.2) is 0 Å². The largest absolute Gasteiger partial charge is 0.379 e. The minimum Gasteiger partial charge on any atom is -0.379 e. The van der Waals surface area contributed by atoms with Crippen molar-refractivity contribution in [2.24, 2.45) is 0 Å². The molecule has 0 aromatic rings. The molecule has 0 radical (unpaired) electrons. The van der Waals surface area contributed by atoms with Crippen LogP contribution in [0.3, 0.4) is 0 Å². The van der Waals surface area contributed by atoms with Gasteiger partial charge in [-0.2, -0.15) is 0 Å². The summed E-state index contributed by atoms with van der Waals surface area (Å²) in [6, 6.07) is 0.777. The molecule has 1 N–H and O–H groups in total. The van der Waals surface area contributed by atoms with Crippen LogP contribution in [0, 0.1) is 0 Å². The van der Waals surface area contributed by atoms with Gasteiger partial charge in [-0.1, -0.05) is 12.8 Å². The van der Waals surface area contributed by atoms with Gasteiger partial charge < -0.3 is 14.8 Å². The van der Waals surface area contributed by atoms with E-state index in [0.29, 0.717) is 13.2 Å². The first-order valence-corrected chi connectivity index (χ1v) is 7.03. The standard InChI is InChI=1S/C14H29NO2/c1-14(2,3)17-12-11-16-10-6-9-15-13-7-4-5-8-13/h13,15H,4-12H2,1-3H3. The predicted octanol–water partition coefficient (Wildman–Crippen LogP) is 2.74. The Morgan fingerprint density at radius 2 is 1.76 bits per heavy atom. The molecule has 3 nitrogen and oxygen atoms in total. The average molecular weight is 243 g/mol. The highest BCUT2D eigenvalue weighted by Crippen LogP contribution is 2.17. The molecule has 0 bridgehead atoms. The lowest BCUT2D eigenvalue weighted by Gasteiger charge is -2.19. The molecule has 1 saturated carbocycles. The van der Waals surface area contributed by atoms with E-state index in [1.165, 1.54) is 25.7 Å². The van der Waals surface area contributed by atoms with Gasteiger partial charge in [0.2, 0.25) is 0 Å². The first-order chi connectivity index (χ1) is 8.08. The fourth-order valence-electron chi connectivity index (χ4n) is 2.12. The third-order valence-electron chi connectivity index (χ3n) is 3.02. The molecule has 1 rings (SSSR count). The Morgan fingerprint density at radius 1 is 1.06 bits per heavy atom. The van der Waals surface area contributed by atoms with E-state index in [1.54, 1.807) is 0 Å². The van der Waals surface area contributed by atoms with E-state index in [1.807, 2.05) is 0 Å². The number of hydrogen-bond acceptors (Lipinski definition) is 3. The minimum absolute atomic E-state index is 0.0482. The van der Waals surface area contributed by atoms with Gasteiger partial charge in [0, 0.05) is 12.6 Å². The Kier molecular flexibility index (Phi) is 7.09. The van der Waals surface area contributed by atoms with Crippen LogP contribution >= 0.6 is 0 Å². The van der Waals surface area contributed by atoms with Gasteiger partial charge in [0.25, 0.3) is 0 Å². The summed E-state index contributed by atoms with van der Waals surface area (Å²) in [6.07, 6.45) is 6.63. The number of rotatable bonds is 8. The number of ether oxygens (including phenoxy) is 2. The molecule has 0 spiro atoms. The quantitative estimate of drug-likeness (QED) is 0.665. The van der Waals surface area contributed by atoms with Gasteiger partial charge >= 0.3 is 0 Å². The van der Waals surface area contributed by atoms with Gasteiger partial charge in [0.05, 0.1) is 18.8 Å². The predicted molar refractivity (Wildman–Crippen MR) is 71.4 cm³/mol. The third-order valence-corrected chi connectivity index (χ3v) is 3.02. The highest BCUT2D eigenvalue weighted by Gasteiger charge is 2.13. The fraction of sp³-hybridized carbons (Fsp3) is 1.00. The van der Waals surface area contributed by atoms with Crippen molar-refractivity contribution in [1.82, 2.24) is 5.32 Å². The highest BCUT2D eigenvalue weighted by molar-refractivity contribution is 4.73. The van der Waals surface area contributed by atoms with Crippen LogP contribution in [0.4, 0.5) is 0 Å². The lowest BCUT2D eigenvalue weighted by molar-refractivity contribution is -0.0350. The zero-order valence-electron chi connectivity index (χ0n) is 11.8. The Bertz CT molecular complexity index is 183. The second kappa shape index (κ2) is 8.06. The third kappa shape index (κ3) is 8.58. The molecule has 3 heteroatoms. The zero-order valence-corrected chi connectivity index (χ0v) is 11.8. The lowest BCUT2D eigenvalue weighted by Crippen LogP contribution is -2.27. The van der Waals surface area contributed by atoms with Crippen molar-refractivity contribution in [3.8, 4) is 0 Å². The first kappa shape index (κ1) is 14.9. The fourth-order valence-corrected chi connectivity index (χ4v) is 2.12. The van der Waals surface area contributed by atoms with Gasteiger partial charge in [-0.15, -0.1) is 0 Å². The molecular formula is C14H29NO2. The smallest absolute Gasteiger partial charge is 0.0707 e. The molecule has 1 aliphatic carbocycles. The number of hydrogen-bond donors (Lipinski definition) is 1. The summed E-state index contributed by atoms with van der Waals surface area (Å²) < 4.78 is 11.1. The van der Waals surface area contributed by atoms with Crippen LogP contribution in [0.25, 0.3) is 0 Å². The van der Waals surface area contributed by atoms with Gasteiger partial charge in [0.1, 0.15) is 0 Å². The summed E-state index contributed by atoms with van der Waals surface area (Å²) >= 11 is 0. The normalized spacial score (nSPS) is 17.8. The van der Waals surface area contributed by atoms with Crippen molar-refractivity contribution in [3.63, 3.8) is 0 Å². The van der Waals surface area contributed by atoms with Gasteiger partial charge in [-0.05, 0) is 46.6 Å². The average Bonchev–Trinajstić information content (AvgIpc) is 2.73. The first-order valence-electron chi connectivity index (χ1n) is 7.03. The molecule has 0 aromatic carbocycles. The van der Waals surface area contributed by atoms with Gasteiger partial charge in [0.15, 0.2) is 0 Å². The summed E-state index contributed by atoms with van der Waals surface area (Å²) in [5.41, 5.74) is -0.0482.